The molecule has 122 valence electrons. The van der Waals surface area contributed by atoms with Crippen LogP contribution >= 0.6 is 0 Å². The van der Waals surface area contributed by atoms with Crippen molar-refractivity contribution in [2.75, 3.05) is 7.11 Å². The topological polar surface area (TPSA) is 64.7 Å². The molecule has 0 bridgehead atoms. The Morgan fingerprint density at radius 3 is 2.58 bits per heavy atom. The lowest BCUT2D eigenvalue weighted by Crippen LogP contribution is -2.23. The van der Waals surface area contributed by atoms with E-state index in [0.29, 0.717) is 11.3 Å². The molecular weight excluding hydrogens is 304 g/mol. The molecule has 5 heteroatoms. The number of methoxy groups -OCH3 is 1. The molecule has 0 spiro atoms. The van der Waals surface area contributed by atoms with E-state index in [9.17, 15) is 10.1 Å². The molecule has 0 radical (unpaired) electrons. The van der Waals surface area contributed by atoms with Crippen molar-refractivity contribution in [3.63, 3.8) is 0 Å². The molecule has 1 heterocycles. The van der Waals surface area contributed by atoms with Gasteiger partial charge in [-0.25, -0.2) is 0 Å². The third-order valence-corrected chi connectivity index (χ3v) is 4.30. The van der Waals surface area contributed by atoms with E-state index in [0.717, 1.165) is 11.4 Å². The molecule has 0 N–H and O–H groups in total. The van der Waals surface area contributed by atoms with E-state index in [1.807, 2.05) is 30.4 Å². The summed E-state index contributed by atoms with van der Waals surface area (Å²) in [4.78, 5) is 15.3. The number of fused-ring (bicyclic) bond motifs is 1. The van der Waals surface area contributed by atoms with E-state index < -0.39 is 4.92 Å². The second-order valence-corrected chi connectivity index (χ2v) is 6.16. The van der Waals surface area contributed by atoms with Crippen molar-refractivity contribution < 1.29 is 9.66 Å². The van der Waals surface area contributed by atoms with Crippen molar-refractivity contribution in [1.82, 2.24) is 0 Å². The summed E-state index contributed by atoms with van der Waals surface area (Å²) in [6.07, 6.45) is 3.72. The van der Waals surface area contributed by atoms with Crippen LogP contribution in [0.2, 0.25) is 0 Å². The van der Waals surface area contributed by atoms with Crippen molar-refractivity contribution in [2.24, 2.45) is 4.99 Å². The van der Waals surface area contributed by atoms with Crippen molar-refractivity contribution >= 4 is 23.2 Å². The first-order valence-corrected chi connectivity index (χ1v) is 7.62. The van der Waals surface area contributed by atoms with E-state index >= 15 is 0 Å². The molecular formula is C19H18N2O3. The monoisotopic (exact) mass is 322 g/mol. The zero-order chi connectivity index (χ0) is 17.3. The number of nitrogens with zero attached hydrogens (tertiary/aromatic N) is 2. The van der Waals surface area contributed by atoms with Crippen LogP contribution in [0.5, 0.6) is 5.75 Å². The first-order valence-electron chi connectivity index (χ1n) is 7.62. The van der Waals surface area contributed by atoms with E-state index in [4.69, 9.17) is 4.74 Å². The van der Waals surface area contributed by atoms with E-state index in [2.05, 4.69) is 24.9 Å². The van der Waals surface area contributed by atoms with Crippen molar-refractivity contribution in [3.8, 4) is 5.75 Å². The van der Waals surface area contributed by atoms with Gasteiger partial charge in [-0.15, -0.1) is 0 Å². The Morgan fingerprint density at radius 1 is 1.17 bits per heavy atom. The van der Waals surface area contributed by atoms with Gasteiger partial charge in [0.05, 0.1) is 23.4 Å². The third-order valence-electron chi connectivity index (χ3n) is 4.30. The molecule has 1 aliphatic heterocycles. The summed E-state index contributed by atoms with van der Waals surface area (Å²) < 4.78 is 5.30. The van der Waals surface area contributed by atoms with Crippen molar-refractivity contribution in [3.05, 3.63) is 69.8 Å². The average Bonchev–Trinajstić information content (AvgIpc) is 2.83. The lowest BCUT2D eigenvalue weighted by Gasteiger charge is -2.20. The number of nitro groups is 1. The molecule has 2 aromatic carbocycles. The van der Waals surface area contributed by atoms with Crippen LogP contribution in [0.1, 0.15) is 25.0 Å². The fourth-order valence-corrected chi connectivity index (χ4v) is 2.89. The van der Waals surface area contributed by atoms with Crippen LogP contribution < -0.4 is 4.74 Å². The summed E-state index contributed by atoms with van der Waals surface area (Å²) >= 11 is 0. The van der Waals surface area contributed by atoms with E-state index in [1.54, 1.807) is 13.2 Å². The zero-order valence-corrected chi connectivity index (χ0v) is 13.8. The summed E-state index contributed by atoms with van der Waals surface area (Å²) in [6.45, 7) is 4.24. The molecule has 24 heavy (non-hydrogen) atoms. The van der Waals surface area contributed by atoms with Crippen LogP contribution in [-0.2, 0) is 5.41 Å². The Kier molecular flexibility index (Phi) is 3.93. The fourth-order valence-electron chi connectivity index (χ4n) is 2.89. The number of para-hydroxylation sites is 1. The number of benzene rings is 2. The Hall–Kier alpha value is -2.95. The fraction of sp³-hybridized carbons (Fsp3) is 0.211. The Bertz CT molecular complexity index is 867. The second kappa shape index (κ2) is 5.92. The Labute approximate surface area is 140 Å². The van der Waals surface area contributed by atoms with Gasteiger partial charge in [0.1, 0.15) is 5.75 Å². The number of aliphatic imine (C=N–C) groups is 1. The number of allylic oxidation sites excluding steroid dienone is 1. The van der Waals surface area contributed by atoms with Crippen LogP contribution in [0, 0.1) is 10.1 Å². The number of hydrogen-bond acceptors (Lipinski definition) is 4. The van der Waals surface area contributed by atoms with Crippen LogP contribution in [0.3, 0.4) is 0 Å². The van der Waals surface area contributed by atoms with Gasteiger partial charge in [-0.1, -0.05) is 32.0 Å². The number of non-ortho nitro benzene ring substituents is 1. The van der Waals surface area contributed by atoms with Gasteiger partial charge in [0.15, 0.2) is 0 Å². The molecule has 0 fully saturated rings. The number of nitro benzene ring substituents is 1. The highest BCUT2D eigenvalue weighted by atomic mass is 16.6. The van der Waals surface area contributed by atoms with E-state index in [1.165, 1.54) is 17.7 Å². The molecule has 0 saturated carbocycles. The minimum atomic E-state index is -0.413. The zero-order valence-electron chi connectivity index (χ0n) is 13.8. The van der Waals surface area contributed by atoms with Gasteiger partial charge in [-0.2, -0.15) is 0 Å². The molecule has 0 amide bonds. The highest BCUT2D eigenvalue weighted by molar-refractivity contribution is 6.10. The normalized spacial score (nSPS) is 15.2. The maximum Gasteiger partial charge on any atom is 0.270 e. The highest BCUT2D eigenvalue weighted by Crippen LogP contribution is 2.40. The first-order chi connectivity index (χ1) is 11.4. The summed E-state index contributed by atoms with van der Waals surface area (Å²) in [6, 6.07) is 12.6. The number of rotatable bonds is 4. The van der Waals surface area contributed by atoms with Gasteiger partial charge < -0.3 is 4.74 Å². The van der Waals surface area contributed by atoms with Crippen LogP contribution in [-0.4, -0.2) is 17.7 Å². The average molecular weight is 322 g/mol. The summed E-state index contributed by atoms with van der Waals surface area (Å²) in [5.74, 6) is 0.589. The van der Waals surface area contributed by atoms with Gasteiger partial charge >= 0.3 is 0 Å². The molecule has 2 aromatic rings. The quantitative estimate of drug-likeness (QED) is 0.606. The summed E-state index contributed by atoms with van der Waals surface area (Å²) in [5, 5.41) is 11.0. The lowest BCUT2D eigenvalue weighted by atomic mass is 9.81. The largest absolute Gasteiger partial charge is 0.496 e. The van der Waals surface area contributed by atoms with Gasteiger partial charge in [0, 0.05) is 23.1 Å². The third kappa shape index (κ3) is 2.69. The minimum absolute atomic E-state index is 0.0337. The maximum atomic E-state index is 11.0. The SMILES string of the molecule is COc1ccc([N+](=O)[O-])cc1/C=C/C1=Nc2ccccc2C1(C)C. The molecule has 0 unspecified atom stereocenters. The van der Waals surface area contributed by atoms with Gasteiger partial charge in [0.2, 0.25) is 0 Å². The standard InChI is InChI=1S/C19H18N2O3/c1-19(2)15-6-4-5-7-16(15)20-18(19)11-8-13-12-14(21(22)23)9-10-17(13)24-3/h4-12H,1-3H3/b11-8+. The highest BCUT2D eigenvalue weighted by Gasteiger charge is 2.32. The molecule has 3 rings (SSSR count). The van der Waals surface area contributed by atoms with Gasteiger partial charge in [-0.05, 0) is 29.8 Å². The smallest absolute Gasteiger partial charge is 0.270 e. The van der Waals surface area contributed by atoms with Crippen molar-refractivity contribution in [1.29, 1.82) is 0 Å². The Morgan fingerprint density at radius 2 is 1.92 bits per heavy atom. The predicted octanol–water partition coefficient (Wildman–Crippen LogP) is 4.68. The lowest BCUT2D eigenvalue weighted by molar-refractivity contribution is -0.384. The predicted molar refractivity (Wildman–Crippen MR) is 95.2 cm³/mol. The van der Waals surface area contributed by atoms with Crippen LogP contribution in [0.25, 0.3) is 6.08 Å². The molecule has 0 aliphatic carbocycles. The number of hydrogen-bond donors (Lipinski definition) is 0. The van der Waals surface area contributed by atoms with Crippen molar-refractivity contribution in [2.45, 2.75) is 19.3 Å². The summed E-state index contributed by atoms with van der Waals surface area (Å²) in [5.41, 5.74) is 3.54. The van der Waals surface area contributed by atoms with Gasteiger partial charge in [-0.3, -0.25) is 15.1 Å². The molecule has 0 aromatic heterocycles. The van der Waals surface area contributed by atoms with Crippen LogP contribution in [0.15, 0.2) is 53.5 Å². The number of ether oxygens (including phenoxy) is 1. The second-order valence-electron chi connectivity index (χ2n) is 6.16. The van der Waals surface area contributed by atoms with E-state index in [-0.39, 0.29) is 11.1 Å². The van der Waals surface area contributed by atoms with Crippen LogP contribution in [0.4, 0.5) is 11.4 Å². The molecule has 0 atom stereocenters. The molecule has 5 nitrogen and oxygen atoms in total. The first kappa shape index (κ1) is 15.9. The molecule has 0 saturated heterocycles. The maximum absolute atomic E-state index is 11.0. The van der Waals surface area contributed by atoms with Gasteiger partial charge in [0.25, 0.3) is 5.69 Å². The minimum Gasteiger partial charge on any atom is -0.496 e. The summed E-state index contributed by atoms with van der Waals surface area (Å²) in [7, 11) is 1.55. The Balaban J connectivity index is 1.98. The molecule has 1 aliphatic rings.